The van der Waals surface area contributed by atoms with E-state index in [1.807, 2.05) is 36.2 Å². The van der Waals surface area contributed by atoms with Gasteiger partial charge in [-0.2, -0.15) is 0 Å². The van der Waals surface area contributed by atoms with Gasteiger partial charge in [0.25, 0.3) is 5.91 Å². The van der Waals surface area contributed by atoms with Crippen LogP contribution in [-0.4, -0.2) is 44.6 Å². The Morgan fingerprint density at radius 2 is 2.10 bits per heavy atom. The first-order valence-electron chi connectivity index (χ1n) is 7.26. The molecular weight excluding hydrogens is 288 g/mol. The smallest absolute Gasteiger partial charge is 0.253 e. The summed E-state index contributed by atoms with van der Waals surface area (Å²) in [6.07, 6.45) is 2.18. The van der Waals surface area contributed by atoms with Crippen molar-refractivity contribution < 1.29 is 9.53 Å². The van der Waals surface area contributed by atoms with Gasteiger partial charge in [0.05, 0.1) is 6.61 Å². The van der Waals surface area contributed by atoms with E-state index in [1.165, 1.54) is 0 Å². The Kier molecular flexibility index (Phi) is 7.72. The van der Waals surface area contributed by atoms with Gasteiger partial charge < -0.3 is 15.0 Å². The van der Waals surface area contributed by atoms with Gasteiger partial charge in [0, 0.05) is 25.8 Å². The average Bonchev–Trinajstić information content (AvgIpc) is 2.48. The number of ether oxygens (including phenoxy) is 1. The molecule has 0 unspecified atom stereocenters. The minimum atomic E-state index is 0. The van der Waals surface area contributed by atoms with Crippen molar-refractivity contribution in [1.82, 2.24) is 10.2 Å². The number of carbonyl (C=O) groups is 1. The fourth-order valence-electron chi connectivity index (χ4n) is 2.77. The van der Waals surface area contributed by atoms with Crippen molar-refractivity contribution >= 4 is 18.3 Å². The minimum Gasteiger partial charge on any atom is -0.380 e. The zero-order valence-electron chi connectivity index (χ0n) is 12.8. The normalized spacial score (nSPS) is 15.6. The highest BCUT2D eigenvalue weighted by molar-refractivity contribution is 5.94. The Balaban J connectivity index is 0.00000220. The SMILES string of the molecule is CNCC1CCN(C(=O)c2cccc(COC)c2)CC1.Cl. The maximum Gasteiger partial charge on any atom is 0.253 e. The van der Waals surface area contributed by atoms with Crippen LogP contribution in [-0.2, 0) is 11.3 Å². The number of halogens is 1. The van der Waals surface area contributed by atoms with E-state index in [1.54, 1.807) is 7.11 Å². The summed E-state index contributed by atoms with van der Waals surface area (Å²) in [4.78, 5) is 14.5. The Bertz CT molecular complexity index is 446. The number of nitrogens with zero attached hydrogens (tertiary/aromatic N) is 1. The number of piperidine rings is 1. The lowest BCUT2D eigenvalue weighted by Crippen LogP contribution is -2.40. The van der Waals surface area contributed by atoms with Crippen LogP contribution in [0.2, 0.25) is 0 Å². The second-order valence-electron chi connectivity index (χ2n) is 5.43. The van der Waals surface area contributed by atoms with Crippen LogP contribution in [0.3, 0.4) is 0 Å². The van der Waals surface area contributed by atoms with E-state index in [4.69, 9.17) is 4.74 Å². The lowest BCUT2D eigenvalue weighted by atomic mass is 9.96. The van der Waals surface area contributed by atoms with Crippen LogP contribution in [0.25, 0.3) is 0 Å². The van der Waals surface area contributed by atoms with E-state index in [0.717, 1.165) is 43.6 Å². The topological polar surface area (TPSA) is 41.6 Å². The molecule has 118 valence electrons. The number of likely N-dealkylation sites (tertiary alicyclic amines) is 1. The predicted octanol–water partition coefficient (Wildman–Crippen LogP) is 2.33. The summed E-state index contributed by atoms with van der Waals surface area (Å²) in [5, 5.41) is 3.22. The highest BCUT2D eigenvalue weighted by atomic mass is 35.5. The summed E-state index contributed by atoms with van der Waals surface area (Å²) >= 11 is 0. The average molecular weight is 313 g/mol. The summed E-state index contributed by atoms with van der Waals surface area (Å²) < 4.78 is 5.12. The minimum absolute atomic E-state index is 0. The number of rotatable bonds is 5. The van der Waals surface area contributed by atoms with Gasteiger partial charge in [-0.15, -0.1) is 12.4 Å². The van der Waals surface area contributed by atoms with Gasteiger partial charge in [-0.05, 0) is 50.0 Å². The zero-order chi connectivity index (χ0) is 14.4. The Morgan fingerprint density at radius 1 is 1.38 bits per heavy atom. The summed E-state index contributed by atoms with van der Waals surface area (Å²) in [6, 6.07) is 7.74. The van der Waals surface area contributed by atoms with Crippen LogP contribution in [0.5, 0.6) is 0 Å². The lowest BCUT2D eigenvalue weighted by molar-refractivity contribution is 0.0690. The number of hydrogen-bond donors (Lipinski definition) is 1. The number of amides is 1. The van der Waals surface area contributed by atoms with Crippen LogP contribution in [0.1, 0.15) is 28.8 Å². The molecule has 0 spiro atoms. The maximum atomic E-state index is 12.5. The Morgan fingerprint density at radius 3 is 2.71 bits per heavy atom. The van der Waals surface area contributed by atoms with E-state index in [9.17, 15) is 4.79 Å². The molecule has 5 heteroatoms. The lowest BCUT2D eigenvalue weighted by Gasteiger charge is -2.32. The van der Waals surface area contributed by atoms with Crippen molar-refractivity contribution in [1.29, 1.82) is 0 Å². The largest absolute Gasteiger partial charge is 0.380 e. The molecule has 1 aliphatic heterocycles. The predicted molar refractivity (Wildman–Crippen MR) is 87.0 cm³/mol. The molecule has 1 fully saturated rings. The monoisotopic (exact) mass is 312 g/mol. The molecule has 0 radical (unpaired) electrons. The standard InChI is InChI=1S/C16H24N2O2.ClH/c1-17-11-13-6-8-18(9-7-13)16(19)15-5-3-4-14(10-15)12-20-2;/h3-5,10,13,17H,6-9,11-12H2,1-2H3;1H. The first-order chi connectivity index (χ1) is 9.74. The highest BCUT2D eigenvalue weighted by Crippen LogP contribution is 2.19. The second-order valence-corrected chi connectivity index (χ2v) is 5.43. The highest BCUT2D eigenvalue weighted by Gasteiger charge is 2.23. The van der Waals surface area contributed by atoms with Gasteiger partial charge in [-0.1, -0.05) is 12.1 Å². The first kappa shape index (κ1) is 18.0. The maximum absolute atomic E-state index is 12.5. The molecule has 1 aromatic rings. The molecule has 1 saturated heterocycles. The molecular formula is C16H25ClN2O2. The number of methoxy groups -OCH3 is 1. The second kappa shape index (κ2) is 9.03. The molecule has 1 N–H and O–H groups in total. The van der Waals surface area contributed by atoms with Gasteiger partial charge in [-0.25, -0.2) is 0 Å². The molecule has 21 heavy (non-hydrogen) atoms. The van der Waals surface area contributed by atoms with E-state index >= 15 is 0 Å². The van der Waals surface area contributed by atoms with E-state index in [0.29, 0.717) is 12.5 Å². The summed E-state index contributed by atoms with van der Waals surface area (Å²) in [7, 11) is 3.65. The van der Waals surface area contributed by atoms with Crippen LogP contribution in [0.15, 0.2) is 24.3 Å². The van der Waals surface area contributed by atoms with Crippen molar-refractivity contribution in [3.05, 3.63) is 35.4 Å². The molecule has 1 aliphatic rings. The quantitative estimate of drug-likeness (QED) is 0.907. The molecule has 0 bridgehead atoms. The van der Waals surface area contributed by atoms with Gasteiger partial charge in [0.2, 0.25) is 0 Å². The molecule has 1 aromatic carbocycles. The number of benzene rings is 1. The molecule has 2 rings (SSSR count). The fraction of sp³-hybridized carbons (Fsp3) is 0.562. The Labute approximate surface area is 133 Å². The van der Waals surface area contributed by atoms with Crippen LogP contribution < -0.4 is 5.32 Å². The van der Waals surface area contributed by atoms with Crippen molar-refractivity contribution in [3.63, 3.8) is 0 Å². The third kappa shape index (κ3) is 4.99. The summed E-state index contributed by atoms with van der Waals surface area (Å²) in [5.74, 6) is 0.842. The van der Waals surface area contributed by atoms with Crippen molar-refractivity contribution in [2.45, 2.75) is 19.4 Å². The van der Waals surface area contributed by atoms with E-state index in [-0.39, 0.29) is 18.3 Å². The van der Waals surface area contributed by atoms with E-state index in [2.05, 4.69) is 5.32 Å². The van der Waals surface area contributed by atoms with Gasteiger partial charge >= 0.3 is 0 Å². The van der Waals surface area contributed by atoms with Crippen molar-refractivity contribution in [2.24, 2.45) is 5.92 Å². The number of hydrogen-bond acceptors (Lipinski definition) is 3. The summed E-state index contributed by atoms with van der Waals surface area (Å²) in [5.41, 5.74) is 1.81. The van der Waals surface area contributed by atoms with Crippen LogP contribution >= 0.6 is 12.4 Å². The van der Waals surface area contributed by atoms with Gasteiger partial charge in [0.1, 0.15) is 0 Å². The van der Waals surface area contributed by atoms with Gasteiger partial charge in [0.15, 0.2) is 0 Å². The van der Waals surface area contributed by atoms with Crippen molar-refractivity contribution in [3.8, 4) is 0 Å². The Hall–Kier alpha value is -1.10. The molecule has 1 amide bonds. The number of carbonyl (C=O) groups excluding carboxylic acids is 1. The number of nitrogens with one attached hydrogen (secondary N) is 1. The van der Waals surface area contributed by atoms with Crippen LogP contribution in [0, 0.1) is 5.92 Å². The molecule has 1 heterocycles. The molecule has 0 saturated carbocycles. The van der Waals surface area contributed by atoms with Gasteiger partial charge in [-0.3, -0.25) is 4.79 Å². The third-order valence-electron chi connectivity index (χ3n) is 3.88. The molecule has 4 nitrogen and oxygen atoms in total. The zero-order valence-corrected chi connectivity index (χ0v) is 13.6. The molecule has 0 atom stereocenters. The fourth-order valence-corrected chi connectivity index (χ4v) is 2.77. The third-order valence-corrected chi connectivity index (χ3v) is 3.88. The van der Waals surface area contributed by atoms with E-state index < -0.39 is 0 Å². The molecule has 0 aromatic heterocycles. The van der Waals surface area contributed by atoms with Crippen molar-refractivity contribution in [2.75, 3.05) is 33.8 Å². The first-order valence-corrected chi connectivity index (χ1v) is 7.26. The summed E-state index contributed by atoms with van der Waals surface area (Å²) in [6.45, 7) is 3.32. The van der Waals surface area contributed by atoms with Crippen LogP contribution in [0.4, 0.5) is 0 Å². The molecule has 0 aliphatic carbocycles.